The third kappa shape index (κ3) is 5.96. The fourth-order valence-electron chi connectivity index (χ4n) is 3.69. The predicted octanol–water partition coefficient (Wildman–Crippen LogP) is 3.79. The lowest BCUT2D eigenvalue weighted by Gasteiger charge is -2.33. The number of carbonyl (C=O) groups excluding carboxylic acids is 1. The Hall–Kier alpha value is -2.47. The molecule has 12 heteroatoms. The van der Waals surface area contributed by atoms with Gasteiger partial charge < -0.3 is 14.2 Å². The van der Waals surface area contributed by atoms with Gasteiger partial charge in [0.1, 0.15) is 17.9 Å². The van der Waals surface area contributed by atoms with E-state index >= 15 is 0 Å². The standard InChI is InChI=1S/C22H24ClF2N5O3S/c1-22(24,25)17-4-2-15(12-18(17)23)14-33-21(31)30-8-6-29(7-9-30)10-11-34(32)16-3-5-19-20(13-16)27-28-26-19/h2-5,12-13H,6-11,14H2,1H3,(H,26,27,28). The van der Waals surface area contributed by atoms with E-state index in [2.05, 4.69) is 20.3 Å². The number of rotatable bonds is 7. The minimum Gasteiger partial charge on any atom is -0.611 e. The van der Waals surface area contributed by atoms with E-state index in [1.807, 2.05) is 0 Å². The highest BCUT2D eigenvalue weighted by Crippen LogP contribution is 2.33. The van der Waals surface area contributed by atoms with Crippen molar-refractivity contribution in [1.82, 2.24) is 25.2 Å². The number of nitrogens with one attached hydrogen (secondary N) is 1. The summed E-state index contributed by atoms with van der Waals surface area (Å²) in [6, 6.07) is 9.50. The number of piperazine rings is 1. The lowest BCUT2D eigenvalue weighted by molar-refractivity contribution is 0.0175. The van der Waals surface area contributed by atoms with Crippen LogP contribution in [0.5, 0.6) is 0 Å². The smallest absolute Gasteiger partial charge is 0.410 e. The summed E-state index contributed by atoms with van der Waals surface area (Å²) in [5.41, 5.74) is 1.75. The van der Waals surface area contributed by atoms with E-state index in [9.17, 15) is 18.1 Å². The highest BCUT2D eigenvalue weighted by atomic mass is 35.5. The van der Waals surface area contributed by atoms with E-state index in [0.717, 1.165) is 22.9 Å². The van der Waals surface area contributed by atoms with Gasteiger partial charge in [-0.15, -0.1) is 5.10 Å². The van der Waals surface area contributed by atoms with E-state index in [0.29, 0.717) is 44.0 Å². The van der Waals surface area contributed by atoms with Gasteiger partial charge in [-0.3, -0.25) is 10.00 Å². The molecule has 1 saturated heterocycles. The molecule has 182 valence electrons. The molecule has 3 aromatic rings. The second-order valence-corrected chi connectivity index (χ2v) is 10.1. The monoisotopic (exact) mass is 511 g/mol. The Labute approximate surface area is 203 Å². The number of amides is 1. The van der Waals surface area contributed by atoms with Crippen LogP contribution in [-0.4, -0.2) is 74.3 Å². The van der Waals surface area contributed by atoms with Crippen molar-refractivity contribution in [2.24, 2.45) is 0 Å². The summed E-state index contributed by atoms with van der Waals surface area (Å²) < 4.78 is 44.9. The van der Waals surface area contributed by atoms with Crippen LogP contribution in [0.25, 0.3) is 11.0 Å². The third-order valence-electron chi connectivity index (χ3n) is 5.65. The minimum atomic E-state index is -3.04. The molecule has 8 nitrogen and oxygen atoms in total. The van der Waals surface area contributed by atoms with Gasteiger partial charge in [-0.2, -0.15) is 0 Å². The number of nitrogens with zero attached hydrogens (tertiary/aromatic N) is 4. The summed E-state index contributed by atoms with van der Waals surface area (Å²) >= 11 is 4.78. The maximum Gasteiger partial charge on any atom is 0.410 e. The number of halogens is 3. The zero-order valence-electron chi connectivity index (χ0n) is 18.5. The maximum atomic E-state index is 13.5. The summed E-state index contributed by atoms with van der Waals surface area (Å²) in [5.74, 6) is -2.56. The number of alkyl halides is 2. The molecule has 1 aromatic heterocycles. The largest absolute Gasteiger partial charge is 0.611 e. The Kier molecular flexibility index (Phi) is 7.56. The van der Waals surface area contributed by atoms with Crippen molar-refractivity contribution in [3.63, 3.8) is 0 Å². The molecule has 1 atom stereocenters. The molecular weight excluding hydrogens is 488 g/mol. The average molecular weight is 512 g/mol. The summed E-state index contributed by atoms with van der Waals surface area (Å²) in [6.07, 6.45) is -0.467. The van der Waals surface area contributed by atoms with E-state index in [1.165, 1.54) is 18.2 Å². The lowest BCUT2D eigenvalue weighted by atomic mass is 10.1. The van der Waals surface area contributed by atoms with Crippen LogP contribution >= 0.6 is 11.6 Å². The van der Waals surface area contributed by atoms with Gasteiger partial charge in [0.2, 0.25) is 0 Å². The van der Waals surface area contributed by atoms with Gasteiger partial charge in [0.25, 0.3) is 5.92 Å². The number of fused-ring (bicyclic) bond motifs is 1. The normalized spacial score (nSPS) is 16.1. The molecule has 1 aliphatic rings. The molecule has 0 aliphatic carbocycles. The van der Waals surface area contributed by atoms with Gasteiger partial charge in [-0.05, 0) is 34.9 Å². The van der Waals surface area contributed by atoms with E-state index in [-0.39, 0.29) is 17.2 Å². The van der Waals surface area contributed by atoms with Crippen molar-refractivity contribution in [2.45, 2.75) is 24.3 Å². The fourth-order valence-corrected chi connectivity index (χ4v) is 5.19. The molecule has 0 spiro atoms. The van der Waals surface area contributed by atoms with Crippen LogP contribution in [-0.2, 0) is 28.4 Å². The predicted molar refractivity (Wildman–Crippen MR) is 124 cm³/mol. The molecule has 2 heterocycles. The molecule has 1 unspecified atom stereocenters. The van der Waals surface area contributed by atoms with E-state index in [1.54, 1.807) is 23.1 Å². The second kappa shape index (κ2) is 10.4. The van der Waals surface area contributed by atoms with Crippen molar-refractivity contribution in [3.05, 3.63) is 52.5 Å². The first kappa shape index (κ1) is 24.6. The zero-order valence-corrected chi connectivity index (χ0v) is 20.0. The van der Waals surface area contributed by atoms with Crippen LogP contribution in [0.3, 0.4) is 0 Å². The number of ether oxygens (including phenoxy) is 1. The van der Waals surface area contributed by atoms with Crippen LogP contribution in [0.1, 0.15) is 18.1 Å². The summed E-state index contributed by atoms with van der Waals surface area (Å²) in [4.78, 5) is 16.9. The topological polar surface area (TPSA) is 97.4 Å². The Bertz CT molecular complexity index is 1150. The van der Waals surface area contributed by atoms with Gasteiger partial charge in [0.15, 0.2) is 4.90 Å². The quantitative estimate of drug-likeness (QED) is 0.485. The molecule has 34 heavy (non-hydrogen) atoms. The second-order valence-electron chi connectivity index (χ2n) is 8.13. The molecule has 1 amide bonds. The molecule has 2 aromatic carbocycles. The van der Waals surface area contributed by atoms with Crippen LogP contribution < -0.4 is 0 Å². The Morgan fingerprint density at radius 1 is 1.24 bits per heavy atom. The lowest BCUT2D eigenvalue weighted by Crippen LogP contribution is -2.49. The number of aromatic nitrogens is 3. The van der Waals surface area contributed by atoms with Gasteiger partial charge in [0, 0.05) is 51.3 Å². The average Bonchev–Trinajstić information content (AvgIpc) is 3.28. The number of benzene rings is 2. The van der Waals surface area contributed by atoms with Crippen molar-refractivity contribution < 1.29 is 22.9 Å². The number of hydrogen-bond donors (Lipinski definition) is 1. The highest BCUT2D eigenvalue weighted by Gasteiger charge is 2.27. The van der Waals surface area contributed by atoms with Crippen molar-refractivity contribution in [2.75, 3.05) is 38.5 Å². The van der Waals surface area contributed by atoms with Gasteiger partial charge in [-0.1, -0.05) is 28.9 Å². The van der Waals surface area contributed by atoms with Crippen LogP contribution in [0, 0.1) is 0 Å². The minimum absolute atomic E-state index is 0.0521. The molecule has 0 radical (unpaired) electrons. The SMILES string of the molecule is CC(F)(F)c1ccc(COC(=O)N2CCN(CC[S+]([O-])c3ccc4nn[nH]c4c3)CC2)cc1Cl. The van der Waals surface area contributed by atoms with Crippen LogP contribution in [0.2, 0.25) is 5.02 Å². The molecule has 1 aliphatic heterocycles. The molecule has 0 bridgehead atoms. The number of H-pyrrole nitrogens is 1. The number of carbonyl (C=O) groups is 1. The zero-order chi connectivity index (χ0) is 24.3. The van der Waals surface area contributed by atoms with Crippen molar-refractivity contribution in [1.29, 1.82) is 0 Å². The molecule has 0 saturated carbocycles. The molecule has 1 fully saturated rings. The molecular formula is C22H24ClF2N5O3S. The van der Waals surface area contributed by atoms with Crippen LogP contribution in [0.4, 0.5) is 13.6 Å². The maximum absolute atomic E-state index is 13.5. The third-order valence-corrected chi connectivity index (χ3v) is 7.30. The van der Waals surface area contributed by atoms with Gasteiger partial charge >= 0.3 is 6.09 Å². The van der Waals surface area contributed by atoms with Crippen LogP contribution in [0.15, 0.2) is 41.3 Å². The number of hydrogen-bond acceptors (Lipinski definition) is 6. The van der Waals surface area contributed by atoms with E-state index in [4.69, 9.17) is 16.3 Å². The first-order chi connectivity index (χ1) is 16.2. The first-order valence-corrected chi connectivity index (χ1v) is 12.4. The summed E-state index contributed by atoms with van der Waals surface area (Å²) in [5, 5.41) is 10.4. The highest BCUT2D eigenvalue weighted by molar-refractivity contribution is 7.91. The molecule has 1 N–H and O–H groups in total. The Balaban J connectivity index is 1.20. The molecule has 4 rings (SSSR count). The van der Waals surface area contributed by atoms with Crippen molar-refractivity contribution in [3.8, 4) is 0 Å². The van der Waals surface area contributed by atoms with E-state index < -0.39 is 23.2 Å². The summed E-state index contributed by atoms with van der Waals surface area (Å²) in [7, 11) is 0. The number of aromatic amines is 1. The summed E-state index contributed by atoms with van der Waals surface area (Å²) in [6.45, 7) is 3.62. The van der Waals surface area contributed by atoms with Gasteiger partial charge in [-0.25, -0.2) is 13.6 Å². The fraction of sp³-hybridized carbons (Fsp3) is 0.409. The Morgan fingerprint density at radius 3 is 2.71 bits per heavy atom. The Morgan fingerprint density at radius 2 is 2.00 bits per heavy atom. The van der Waals surface area contributed by atoms with Crippen molar-refractivity contribution >= 4 is 39.9 Å². The van der Waals surface area contributed by atoms with Gasteiger partial charge in [0.05, 0.1) is 10.5 Å². The first-order valence-electron chi connectivity index (χ1n) is 10.7.